The molecule has 1 nitrogen and oxygen atoms in total. The van der Waals surface area contributed by atoms with Crippen LogP contribution in [0.25, 0.3) is 10.8 Å². The molecule has 1 aliphatic heterocycles. The Balaban J connectivity index is 0.00000120. The lowest BCUT2D eigenvalue weighted by atomic mass is 9.89. The van der Waals surface area contributed by atoms with E-state index in [2.05, 4.69) is 47.8 Å². The Labute approximate surface area is 115 Å². The average molecular weight is 262 g/mol. The van der Waals surface area contributed by atoms with Gasteiger partial charge in [0, 0.05) is 0 Å². The maximum atomic E-state index is 3.44. The van der Waals surface area contributed by atoms with E-state index in [1.54, 1.807) is 0 Å². The number of fused-ring (bicyclic) bond motifs is 1. The Hall–Kier alpha value is -1.05. The summed E-state index contributed by atoms with van der Waals surface area (Å²) in [6.45, 7) is 2.38. The van der Waals surface area contributed by atoms with E-state index in [1.807, 2.05) is 0 Å². The van der Waals surface area contributed by atoms with Gasteiger partial charge in [-0.3, -0.25) is 0 Å². The van der Waals surface area contributed by atoms with Gasteiger partial charge in [0.2, 0.25) is 0 Å². The first kappa shape index (κ1) is 13.4. The molecule has 0 unspecified atom stereocenters. The minimum atomic E-state index is 0. The van der Waals surface area contributed by atoms with E-state index in [0.29, 0.717) is 0 Å². The van der Waals surface area contributed by atoms with Gasteiger partial charge in [0.15, 0.2) is 0 Å². The molecule has 0 spiro atoms. The number of halogens is 1. The van der Waals surface area contributed by atoms with Crippen LogP contribution in [-0.2, 0) is 6.42 Å². The molecule has 0 atom stereocenters. The summed E-state index contributed by atoms with van der Waals surface area (Å²) in [6, 6.07) is 15.4. The van der Waals surface area contributed by atoms with E-state index in [1.165, 1.54) is 48.7 Å². The van der Waals surface area contributed by atoms with Crippen LogP contribution in [0.2, 0.25) is 0 Å². The van der Waals surface area contributed by atoms with Crippen LogP contribution in [0.1, 0.15) is 18.4 Å². The lowest BCUT2D eigenvalue weighted by Crippen LogP contribution is -2.28. The smallest absolute Gasteiger partial charge is 0.00462 e. The van der Waals surface area contributed by atoms with Gasteiger partial charge >= 0.3 is 0 Å². The molecule has 0 bridgehead atoms. The van der Waals surface area contributed by atoms with Crippen molar-refractivity contribution in [1.29, 1.82) is 0 Å². The van der Waals surface area contributed by atoms with E-state index in [9.17, 15) is 0 Å². The molecule has 18 heavy (non-hydrogen) atoms. The first-order valence-electron chi connectivity index (χ1n) is 6.61. The molecular formula is C16H20ClN. The minimum absolute atomic E-state index is 0. The molecular weight excluding hydrogens is 242 g/mol. The second-order valence-corrected chi connectivity index (χ2v) is 5.04. The number of hydrogen-bond acceptors (Lipinski definition) is 1. The summed E-state index contributed by atoms with van der Waals surface area (Å²) in [7, 11) is 0. The van der Waals surface area contributed by atoms with Gasteiger partial charge in [0.1, 0.15) is 0 Å². The van der Waals surface area contributed by atoms with Crippen LogP contribution in [0.3, 0.4) is 0 Å². The number of piperidine rings is 1. The molecule has 2 aromatic carbocycles. The third-order valence-electron chi connectivity index (χ3n) is 3.85. The van der Waals surface area contributed by atoms with Crippen molar-refractivity contribution in [2.24, 2.45) is 5.92 Å². The maximum absolute atomic E-state index is 3.44. The second kappa shape index (κ2) is 6.21. The van der Waals surface area contributed by atoms with Gasteiger partial charge < -0.3 is 5.32 Å². The summed E-state index contributed by atoms with van der Waals surface area (Å²) in [6.07, 6.45) is 3.88. The van der Waals surface area contributed by atoms with Crippen molar-refractivity contribution in [3.8, 4) is 0 Å². The Kier molecular flexibility index (Phi) is 4.62. The second-order valence-electron chi connectivity index (χ2n) is 5.04. The summed E-state index contributed by atoms with van der Waals surface area (Å²) in [5.41, 5.74) is 1.52. The third-order valence-corrected chi connectivity index (χ3v) is 3.85. The van der Waals surface area contributed by atoms with Crippen molar-refractivity contribution < 1.29 is 0 Å². The molecule has 3 rings (SSSR count). The van der Waals surface area contributed by atoms with Crippen LogP contribution in [0, 0.1) is 5.92 Å². The van der Waals surface area contributed by atoms with Gasteiger partial charge in [-0.1, -0.05) is 42.5 Å². The van der Waals surface area contributed by atoms with Crippen molar-refractivity contribution in [3.05, 3.63) is 48.0 Å². The Morgan fingerprint density at radius 3 is 2.50 bits per heavy atom. The van der Waals surface area contributed by atoms with Crippen molar-refractivity contribution in [1.82, 2.24) is 5.32 Å². The molecule has 2 aromatic rings. The summed E-state index contributed by atoms with van der Waals surface area (Å²) in [4.78, 5) is 0. The van der Waals surface area contributed by atoms with Gasteiger partial charge in [-0.25, -0.2) is 0 Å². The zero-order valence-corrected chi connectivity index (χ0v) is 11.4. The lowest BCUT2D eigenvalue weighted by Gasteiger charge is -2.23. The van der Waals surface area contributed by atoms with Crippen LogP contribution in [0.15, 0.2) is 42.5 Å². The lowest BCUT2D eigenvalue weighted by molar-refractivity contribution is 0.373. The van der Waals surface area contributed by atoms with Crippen LogP contribution >= 0.6 is 12.4 Å². The predicted molar refractivity (Wildman–Crippen MR) is 80.5 cm³/mol. The molecule has 0 amide bonds. The highest BCUT2D eigenvalue weighted by Gasteiger charge is 2.14. The fourth-order valence-electron chi connectivity index (χ4n) is 2.87. The van der Waals surface area contributed by atoms with Gasteiger partial charge in [0.25, 0.3) is 0 Å². The first-order chi connectivity index (χ1) is 8.43. The summed E-state index contributed by atoms with van der Waals surface area (Å²) < 4.78 is 0. The topological polar surface area (TPSA) is 12.0 Å². The zero-order valence-electron chi connectivity index (χ0n) is 10.6. The molecule has 0 aromatic heterocycles. The third kappa shape index (κ3) is 2.85. The highest BCUT2D eigenvalue weighted by atomic mass is 35.5. The van der Waals surface area contributed by atoms with Crippen LogP contribution in [0.5, 0.6) is 0 Å². The van der Waals surface area contributed by atoms with Gasteiger partial charge in [-0.2, -0.15) is 0 Å². The average Bonchev–Trinajstić information content (AvgIpc) is 2.40. The number of hydrogen-bond donors (Lipinski definition) is 1. The molecule has 1 saturated heterocycles. The molecule has 1 aliphatic rings. The molecule has 96 valence electrons. The van der Waals surface area contributed by atoms with Crippen LogP contribution < -0.4 is 5.32 Å². The van der Waals surface area contributed by atoms with Crippen LogP contribution in [-0.4, -0.2) is 13.1 Å². The Morgan fingerprint density at radius 2 is 1.67 bits per heavy atom. The summed E-state index contributed by atoms with van der Waals surface area (Å²) in [5, 5.41) is 6.25. The highest BCUT2D eigenvalue weighted by Crippen LogP contribution is 2.24. The monoisotopic (exact) mass is 261 g/mol. The van der Waals surface area contributed by atoms with Crippen molar-refractivity contribution in [3.63, 3.8) is 0 Å². The van der Waals surface area contributed by atoms with Crippen molar-refractivity contribution in [2.45, 2.75) is 19.3 Å². The molecule has 1 N–H and O–H groups in total. The fraction of sp³-hybridized carbons (Fsp3) is 0.375. The molecule has 1 heterocycles. The van der Waals surface area contributed by atoms with Crippen molar-refractivity contribution in [2.75, 3.05) is 13.1 Å². The first-order valence-corrected chi connectivity index (χ1v) is 6.61. The standard InChI is InChI=1S/C16H19N.ClH/c1-2-7-16-14(4-1)5-3-6-15(16)12-13-8-10-17-11-9-13;/h1-7,13,17H,8-12H2;1H. The Bertz CT molecular complexity index is 498. The largest absolute Gasteiger partial charge is 0.317 e. The highest BCUT2D eigenvalue weighted by molar-refractivity contribution is 5.86. The van der Waals surface area contributed by atoms with Gasteiger partial charge in [-0.15, -0.1) is 12.4 Å². The molecule has 0 aliphatic carbocycles. The van der Waals surface area contributed by atoms with Gasteiger partial charge in [0.05, 0.1) is 0 Å². The SMILES string of the molecule is Cl.c1ccc2c(CC3CCNCC3)cccc2c1. The molecule has 0 radical (unpaired) electrons. The number of benzene rings is 2. The summed E-state index contributed by atoms with van der Waals surface area (Å²) >= 11 is 0. The van der Waals surface area contributed by atoms with Crippen LogP contribution in [0.4, 0.5) is 0 Å². The molecule has 1 fully saturated rings. The molecule has 2 heteroatoms. The Morgan fingerprint density at radius 1 is 0.944 bits per heavy atom. The predicted octanol–water partition coefficient (Wildman–Crippen LogP) is 3.80. The normalized spacial score (nSPS) is 16.4. The zero-order chi connectivity index (χ0) is 11.5. The minimum Gasteiger partial charge on any atom is -0.317 e. The van der Waals surface area contributed by atoms with Crippen molar-refractivity contribution >= 4 is 23.2 Å². The van der Waals surface area contributed by atoms with E-state index < -0.39 is 0 Å². The van der Waals surface area contributed by atoms with E-state index in [0.717, 1.165) is 5.92 Å². The number of rotatable bonds is 2. The molecule has 0 saturated carbocycles. The maximum Gasteiger partial charge on any atom is -0.00462 e. The van der Waals surface area contributed by atoms with E-state index in [4.69, 9.17) is 0 Å². The summed E-state index contributed by atoms with van der Waals surface area (Å²) in [5.74, 6) is 0.863. The number of nitrogens with one attached hydrogen (secondary N) is 1. The van der Waals surface area contributed by atoms with E-state index >= 15 is 0 Å². The quantitative estimate of drug-likeness (QED) is 0.867. The van der Waals surface area contributed by atoms with E-state index in [-0.39, 0.29) is 12.4 Å². The van der Waals surface area contributed by atoms with Gasteiger partial charge in [-0.05, 0) is 54.6 Å². The fourth-order valence-corrected chi connectivity index (χ4v) is 2.87.